The van der Waals surface area contributed by atoms with E-state index in [0.29, 0.717) is 45.0 Å². The van der Waals surface area contributed by atoms with Gasteiger partial charge >= 0.3 is 11.8 Å². The van der Waals surface area contributed by atoms with Crippen molar-refractivity contribution in [2.75, 3.05) is 39.3 Å². The summed E-state index contributed by atoms with van der Waals surface area (Å²) in [5, 5.41) is 0.732. The van der Waals surface area contributed by atoms with Crippen LogP contribution in [0.15, 0.2) is 40.8 Å². The minimum atomic E-state index is -0.467. The average Bonchev–Trinajstić information content (AvgIpc) is 3.57. The Bertz CT molecular complexity index is 1110. The number of rotatable bonds is 2. The molecule has 2 aliphatic heterocycles. The molecule has 0 spiro atoms. The fraction of sp³-hybridized carbons (Fsp3) is 0.364. The number of benzene rings is 1. The molecule has 4 heterocycles. The van der Waals surface area contributed by atoms with Gasteiger partial charge in [0, 0.05) is 39.3 Å². The van der Waals surface area contributed by atoms with Gasteiger partial charge in [0.05, 0.1) is 10.2 Å². The molecule has 0 saturated carbocycles. The molecule has 3 aromatic rings. The molecule has 0 N–H and O–H groups in total. The van der Waals surface area contributed by atoms with E-state index in [0.717, 1.165) is 28.1 Å². The highest BCUT2D eigenvalue weighted by atomic mass is 32.1. The van der Waals surface area contributed by atoms with Crippen molar-refractivity contribution in [3.63, 3.8) is 0 Å². The molecule has 160 valence electrons. The zero-order chi connectivity index (χ0) is 21.4. The Balaban J connectivity index is 1.22. The molecule has 2 aromatic heterocycles. The van der Waals surface area contributed by atoms with Crippen molar-refractivity contribution in [3.8, 4) is 10.8 Å². The summed E-state index contributed by atoms with van der Waals surface area (Å²) in [6, 6.07) is 11.3. The van der Waals surface area contributed by atoms with E-state index in [1.807, 2.05) is 24.3 Å². The standard InChI is InChI=1S/C22H22N4O4S/c27-20(17-8-7-16(30-17)19-23-15-5-1-2-6-18(15)31-19)25-11-13-26(14-12-25)22(29)21(28)24-9-3-4-10-24/h1-2,5-8H,3-4,9-14H2. The maximum atomic E-state index is 12.9. The fourth-order valence-corrected chi connectivity index (χ4v) is 4.93. The van der Waals surface area contributed by atoms with Gasteiger partial charge in [0.15, 0.2) is 16.5 Å². The van der Waals surface area contributed by atoms with Crippen LogP contribution < -0.4 is 0 Å². The summed E-state index contributed by atoms with van der Waals surface area (Å²) in [4.78, 5) is 47.0. The number of furan rings is 1. The summed E-state index contributed by atoms with van der Waals surface area (Å²) in [6.45, 7) is 2.73. The van der Waals surface area contributed by atoms with Crippen LogP contribution in [-0.2, 0) is 9.59 Å². The first-order valence-corrected chi connectivity index (χ1v) is 11.2. The Labute approximate surface area is 183 Å². The van der Waals surface area contributed by atoms with E-state index in [-0.39, 0.29) is 11.7 Å². The molecule has 9 heteroatoms. The van der Waals surface area contributed by atoms with E-state index in [1.165, 1.54) is 11.3 Å². The van der Waals surface area contributed by atoms with E-state index in [4.69, 9.17) is 4.42 Å². The SMILES string of the molecule is O=C(C(=O)N1CCN(C(=O)c2ccc(-c3nc4ccccc4s3)o2)CC1)N1CCCC1. The molecule has 0 unspecified atom stereocenters. The Kier molecular flexibility index (Phi) is 5.19. The molecule has 8 nitrogen and oxygen atoms in total. The highest BCUT2D eigenvalue weighted by molar-refractivity contribution is 7.21. The third-order valence-electron chi connectivity index (χ3n) is 5.75. The average molecular weight is 439 g/mol. The lowest BCUT2D eigenvalue weighted by atomic mass is 10.2. The number of thiazole rings is 1. The minimum absolute atomic E-state index is 0.217. The van der Waals surface area contributed by atoms with Gasteiger partial charge in [-0.05, 0) is 37.1 Å². The Morgan fingerprint density at radius 1 is 0.806 bits per heavy atom. The van der Waals surface area contributed by atoms with Crippen LogP contribution in [0.5, 0.6) is 0 Å². The zero-order valence-corrected chi connectivity index (χ0v) is 17.8. The largest absolute Gasteiger partial charge is 0.448 e. The molecule has 0 bridgehead atoms. The lowest BCUT2D eigenvalue weighted by Crippen LogP contribution is -2.54. The molecule has 1 aromatic carbocycles. The molecule has 0 radical (unpaired) electrons. The van der Waals surface area contributed by atoms with E-state index < -0.39 is 11.8 Å². The predicted molar refractivity (Wildman–Crippen MR) is 116 cm³/mol. The number of hydrogen-bond donors (Lipinski definition) is 0. The quantitative estimate of drug-likeness (QED) is 0.574. The lowest BCUT2D eigenvalue weighted by molar-refractivity contribution is -0.152. The fourth-order valence-electron chi connectivity index (χ4n) is 4.00. The van der Waals surface area contributed by atoms with Gasteiger partial charge in [-0.3, -0.25) is 14.4 Å². The monoisotopic (exact) mass is 438 g/mol. The van der Waals surface area contributed by atoms with Crippen molar-refractivity contribution in [2.24, 2.45) is 0 Å². The number of likely N-dealkylation sites (tertiary alicyclic amines) is 1. The van der Waals surface area contributed by atoms with E-state index in [9.17, 15) is 14.4 Å². The summed E-state index contributed by atoms with van der Waals surface area (Å²) in [5.74, 6) is -0.295. The first-order chi connectivity index (χ1) is 15.1. The van der Waals surface area contributed by atoms with Gasteiger partial charge in [0.25, 0.3) is 5.91 Å². The predicted octanol–water partition coefficient (Wildman–Crippen LogP) is 2.46. The van der Waals surface area contributed by atoms with Gasteiger partial charge in [-0.2, -0.15) is 0 Å². The van der Waals surface area contributed by atoms with Crippen LogP contribution in [0.3, 0.4) is 0 Å². The summed E-state index contributed by atoms with van der Waals surface area (Å²) >= 11 is 1.52. The van der Waals surface area contributed by atoms with Crippen molar-refractivity contribution >= 4 is 39.3 Å². The highest BCUT2D eigenvalue weighted by Gasteiger charge is 2.32. The van der Waals surface area contributed by atoms with Gasteiger partial charge in [-0.1, -0.05) is 12.1 Å². The van der Waals surface area contributed by atoms with Crippen molar-refractivity contribution in [3.05, 3.63) is 42.2 Å². The number of piperazine rings is 1. The van der Waals surface area contributed by atoms with E-state index >= 15 is 0 Å². The Morgan fingerprint density at radius 3 is 2.16 bits per heavy atom. The number of para-hydroxylation sites is 1. The third-order valence-corrected chi connectivity index (χ3v) is 6.80. The van der Waals surface area contributed by atoms with Crippen LogP contribution in [-0.4, -0.2) is 76.7 Å². The number of nitrogens with zero attached hydrogens (tertiary/aromatic N) is 4. The lowest BCUT2D eigenvalue weighted by Gasteiger charge is -2.34. The number of amides is 3. The Morgan fingerprint density at radius 2 is 1.45 bits per heavy atom. The number of fused-ring (bicyclic) bond motifs is 1. The second kappa shape index (κ2) is 8.14. The molecule has 5 rings (SSSR count). The van der Waals surface area contributed by atoms with Gasteiger partial charge < -0.3 is 19.1 Å². The number of carbonyl (C=O) groups excluding carboxylic acids is 3. The van der Waals surface area contributed by atoms with Crippen molar-refractivity contribution < 1.29 is 18.8 Å². The zero-order valence-electron chi connectivity index (χ0n) is 17.0. The van der Waals surface area contributed by atoms with Crippen LogP contribution in [0.4, 0.5) is 0 Å². The van der Waals surface area contributed by atoms with Gasteiger partial charge in [-0.15, -0.1) is 11.3 Å². The molecule has 2 saturated heterocycles. The summed E-state index contributed by atoms with van der Waals surface area (Å²) in [5.41, 5.74) is 0.899. The van der Waals surface area contributed by atoms with Gasteiger partial charge in [0.1, 0.15) is 0 Å². The maximum absolute atomic E-state index is 12.9. The smallest absolute Gasteiger partial charge is 0.312 e. The molecule has 3 amide bonds. The summed E-state index contributed by atoms with van der Waals surface area (Å²) in [7, 11) is 0. The maximum Gasteiger partial charge on any atom is 0.312 e. The number of aromatic nitrogens is 1. The van der Waals surface area contributed by atoms with Gasteiger partial charge in [-0.25, -0.2) is 4.98 Å². The molecule has 2 aliphatic rings. The second-order valence-corrected chi connectivity index (χ2v) is 8.76. The summed E-state index contributed by atoms with van der Waals surface area (Å²) < 4.78 is 6.87. The molecule has 2 fully saturated rings. The normalized spacial score (nSPS) is 16.8. The van der Waals surface area contributed by atoms with E-state index in [2.05, 4.69) is 4.98 Å². The second-order valence-electron chi connectivity index (χ2n) is 7.73. The highest BCUT2D eigenvalue weighted by Crippen LogP contribution is 2.31. The van der Waals surface area contributed by atoms with Gasteiger partial charge in [0.2, 0.25) is 0 Å². The Hall–Kier alpha value is -3.20. The van der Waals surface area contributed by atoms with Crippen LogP contribution in [0, 0.1) is 0 Å². The van der Waals surface area contributed by atoms with Crippen LogP contribution in [0.1, 0.15) is 23.4 Å². The molecule has 0 aliphatic carbocycles. The topological polar surface area (TPSA) is 87.0 Å². The van der Waals surface area contributed by atoms with Crippen LogP contribution in [0.2, 0.25) is 0 Å². The first-order valence-electron chi connectivity index (χ1n) is 10.4. The molecule has 0 atom stereocenters. The number of carbonyl (C=O) groups is 3. The molecular weight excluding hydrogens is 416 g/mol. The third kappa shape index (κ3) is 3.81. The van der Waals surface area contributed by atoms with Crippen molar-refractivity contribution in [2.45, 2.75) is 12.8 Å². The van der Waals surface area contributed by atoms with Crippen molar-refractivity contribution in [1.82, 2.24) is 19.7 Å². The van der Waals surface area contributed by atoms with Crippen LogP contribution >= 0.6 is 11.3 Å². The van der Waals surface area contributed by atoms with Crippen molar-refractivity contribution in [1.29, 1.82) is 0 Å². The van der Waals surface area contributed by atoms with Crippen LogP contribution in [0.25, 0.3) is 21.0 Å². The molecular formula is C22H22N4O4S. The molecule has 31 heavy (non-hydrogen) atoms. The first kappa shape index (κ1) is 19.7. The minimum Gasteiger partial charge on any atom is -0.448 e. The number of hydrogen-bond acceptors (Lipinski definition) is 6. The van der Waals surface area contributed by atoms with E-state index in [1.54, 1.807) is 26.8 Å². The summed E-state index contributed by atoms with van der Waals surface area (Å²) in [6.07, 6.45) is 1.90.